The number of piperidine rings is 1. The van der Waals surface area contributed by atoms with Gasteiger partial charge in [0, 0.05) is 25.7 Å². The highest BCUT2D eigenvalue weighted by Crippen LogP contribution is 2.24. The summed E-state index contributed by atoms with van der Waals surface area (Å²) in [7, 11) is 2.17. The lowest BCUT2D eigenvalue weighted by Gasteiger charge is -2.34. The smallest absolute Gasteiger partial charge is 0.258 e. The van der Waals surface area contributed by atoms with Crippen molar-refractivity contribution in [2.45, 2.75) is 32.7 Å². The van der Waals surface area contributed by atoms with Gasteiger partial charge in [0.1, 0.15) is 0 Å². The molecule has 0 atom stereocenters. The summed E-state index contributed by atoms with van der Waals surface area (Å²) in [5.41, 5.74) is 0.628. The predicted octanol–water partition coefficient (Wildman–Crippen LogP) is 3.23. The molecule has 1 aromatic rings. The third-order valence-corrected chi connectivity index (χ3v) is 4.79. The van der Waals surface area contributed by atoms with Gasteiger partial charge in [-0.05, 0) is 61.7 Å². The lowest BCUT2D eigenvalue weighted by Crippen LogP contribution is -2.42. The molecule has 20 heavy (non-hydrogen) atoms. The van der Waals surface area contributed by atoms with Crippen molar-refractivity contribution in [3.63, 3.8) is 0 Å². The SMILES string of the molecule is CC(C)N(C)CC1CCN(C(=O)c2ccoc2Br)CC1. The highest BCUT2D eigenvalue weighted by Gasteiger charge is 2.26. The number of furan rings is 1. The van der Waals surface area contributed by atoms with E-state index in [-0.39, 0.29) is 5.91 Å². The summed E-state index contributed by atoms with van der Waals surface area (Å²) in [4.78, 5) is 16.7. The number of rotatable bonds is 4. The second-order valence-electron chi connectivity index (χ2n) is 5.88. The van der Waals surface area contributed by atoms with Crippen LogP contribution < -0.4 is 0 Å². The number of halogens is 1. The second kappa shape index (κ2) is 6.76. The van der Waals surface area contributed by atoms with E-state index in [1.165, 1.54) is 0 Å². The van der Waals surface area contributed by atoms with E-state index in [4.69, 9.17) is 4.42 Å². The van der Waals surface area contributed by atoms with E-state index in [2.05, 4.69) is 41.7 Å². The summed E-state index contributed by atoms with van der Waals surface area (Å²) >= 11 is 3.27. The Bertz CT molecular complexity index is 450. The van der Waals surface area contributed by atoms with Gasteiger partial charge in [-0.25, -0.2) is 0 Å². The zero-order valence-corrected chi connectivity index (χ0v) is 14.0. The molecule has 2 heterocycles. The van der Waals surface area contributed by atoms with Crippen molar-refractivity contribution < 1.29 is 9.21 Å². The van der Waals surface area contributed by atoms with Gasteiger partial charge in [-0.3, -0.25) is 4.79 Å². The van der Waals surface area contributed by atoms with E-state index in [0.29, 0.717) is 22.2 Å². The first-order valence-electron chi connectivity index (χ1n) is 7.21. The Balaban J connectivity index is 1.85. The molecule has 0 unspecified atom stereocenters. The van der Waals surface area contributed by atoms with Crippen LogP contribution >= 0.6 is 15.9 Å². The normalized spacial score (nSPS) is 17.2. The van der Waals surface area contributed by atoms with Crippen LogP contribution in [0, 0.1) is 5.92 Å². The van der Waals surface area contributed by atoms with Gasteiger partial charge in [0.15, 0.2) is 4.67 Å². The van der Waals surface area contributed by atoms with Crippen molar-refractivity contribution in [3.8, 4) is 0 Å². The topological polar surface area (TPSA) is 36.7 Å². The van der Waals surface area contributed by atoms with Crippen LogP contribution in [0.1, 0.15) is 37.0 Å². The van der Waals surface area contributed by atoms with Gasteiger partial charge >= 0.3 is 0 Å². The maximum Gasteiger partial charge on any atom is 0.258 e. The van der Waals surface area contributed by atoms with E-state index in [9.17, 15) is 4.79 Å². The van der Waals surface area contributed by atoms with Crippen molar-refractivity contribution in [2.75, 3.05) is 26.7 Å². The van der Waals surface area contributed by atoms with Crippen LogP contribution in [-0.4, -0.2) is 48.4 Å². The van der Waals surface area contributed by atoms with Crippen LogP contribution in [0.2, 0.25) is 0 Å². The molecule has 1 aromatic heterocycles. The lowest BCUT2D eigenvalue weighted by atomic mass is 9.95. The van der Waals surface area contributed by atoms with Gasteiger partial charge in [-0.1, -0.05) is 0 Å². The minimum absolute atomic E-state index is 0.0706. The van der Waals surface area contributed by atoms with Gasteiger partial charge in [0.25, 0.3) is 5.91 Å². The van der Waals surface area contributed by atoms with Gasteiger partial charge in [0.2, 0.25) is 0 Å². The third kappa shape index (κ3) is 3.64. The quantitative estimate of drug-likeness (QED) is 0.842. The molecule has 0 aliphatic carbocycles. The molecule has 1 fully saturated rings. The molecule has 112 valence electrons. The summed E-state index contributed by atoms with van der Waals surface area (Å²) in [6.07, 6.45) is 3.71. The zero-order chi connectivity index (χ0) is 14.7. The van der Waals surface area contributed by atoms with E-state index in [1.807, 2.05) is 4.90 Å². The molecular weight excluding hydrogens is 320 g/mol. The Hall–Kier alpha value is -0.810. The molecule has 1 aliphatic heterocycles. The number of carbonyl (C=O) groups is 1. The van der Waals surface area contributed by atoms with Crippen molar-refractivity contribution in [2.24, 2.45) is 5.92 Å². The molecule has 2 rings (SSSR count). The van der Waals surface area contributed by atoms with Crippen LogP contribution in [0.5, 0.6) is 0 Å². The monoisotopic (exact) mass is 342 g/mol. The average Bonchev–Trinajstić information content (AvgIpc) is 2.85. The Kier molecular flexibility index (Phi) is 5.27. The number of likely N-dealkylation sites (tertiary alicyclic amines) is 1. The first-order chi connectivity index (χ1) is 9.49. The summed E-state index contributed by atoms with van der Waals surface area (Å²) in [5, 5.41) is 0. The highest BCUT2D eigenvalue weighted by atomic mass is 79.9. The fraction of sp³-hybridized carbons (Fsp3) is 0.667. The van der Waals surface area contributed by atoms with Crippen LogP contribution in [0.4, 0.5) is 0 Å². The van der Waals surface area contributed by atoms with E-state index < -0.39 is 0 Å². The first-order valence-corrected chi connectivity index (χ1v) is 8.01. The Labute approximate surface area is 129 Å². The van der Waals surface area contributed by atoms with E-state index >= 15 is 0 Å². The minimum Gasteiger partial charge on any atom is -0.457 e. The van der Waals surface area contributed by atoms with Crippen molar-refractivity contribution in [1.82, 2.24) is 9.80 Å². The van der Waals surface area contributed by atoms with Gasteiger partial charge in [-0.15, -0.1) is 0 Å². The maximum absolute atomic E-state index is 12.3. The molecule has 0 radical (unpaired) electrons. The van der Waals surface area contributed by atoms with Gasteiger partial charge < -0.3 is 14.2 Å². The number of nitrogens with zero attached hydrogens (tertiary/aromatic N) is 2. The molecule has 4 nitrogen and oxygen atoms in total. The molecule has 0 aromatic carbocycles. The molecule has 0 spiro atoms. The van der Waals surface area contributed by atoms with Crippen LogP contribution in [0.25, 0.3) is 0 Å². The van der Waals surface area contributed by atoms with Crippen LogP contribution in [-0.2, 0) is 0 Å². The molecular formula is C15H23BrN2O2. The third-order valence-electron chi connectivity index (χ3n) is 4.18. The van der Waals surface area contributed by atoms with Gasteiger partial charge in [-0.2, -0.15) is 0 Å². The van der Waals surface area contributed by atoms with Crippen LogP contribution in [0.15, 0.2) is 21.4 Å². The van der Waals surface area contributed by atoms with Crippen molar-refractivity contribution >= 4 is 21.8 Å². The molecule has 1 aliphatic rings. The molecule has 0 bridgehead atoms. The molecule has 1 saturated heterocycles. The average molecular weight is 343 g/mol. The molecule has 1 amide bonds. The number of hydrogen-bond donors (Lipinski definition) is 0. The fourth-order valence-electron chi connectivity index (χ4n) is 2.55. The second-order valence-corrected chi connectivity index (χ2v) is 6.60. The number of hydrogen-bond acceptors (Lipinski definition) is 3. The van der Waals surface area contributed by atoms with E-state index in [0.717, 1.165) is 32.5 Å². The maximum atomic E-state index is 12.3. The predicted molar refractivity (Wildman–Crippen MR) is 82.8 cm³/mol. The van der Waals surface area contributed by atoms with Crippen molar-refractivity contribution in [1.29, 1.82) is 0 Å². The van der Waals surface area contributed by atoms with E-state index in [1.54, 1.807) is 12.3 Å². The summed E-state index contributed by atoms with van der Waals surface area (Å²) < 4.78 is 5.67. The highest BCUT2D eigenvalue weighted by molar-refractivity contribution is 9.10. The Morgan fingerprint density at radius 1 is 1.50 bits per heavy atom. The number of amides is 1. The summed E-state index contributed by atoms with van der Waals surface area (Å²) in [6.45, 7) is 7.24. The largest absolute Gasteiger partial charge is 0.457 e. The summed E-state index contributed by atoms with van der Waals surface area (Å²) in [5.74, 6) is 0.764. The van der Waals surface area contributed by atoms with Crippen LogP contribution in [0.3, 0.4) is 0 Å². The Morgan fingerprint density at radius 2 is 2.15 bits per heavy atom. The molecule has 5 heteroatoms. The summed E-state index contributed by atoms with van der Waals surface area (Å²) in [6, 6.07) is 2.31. The number of carbonyl (C=O) groups excluding carboxylic acids is 1. The molecule has 0 saturated carbocycles. The first kappa shape index (κ1) is 15.6. The van der Waals surface area contributed by atoms with Gasteiger partial charge in [0.05, 0.1) is 11.8 Å². The zero-order valence-electron chi connectivity index (χ0n) is 12.4. The standard InChI is InChI=1S/C15H23BrN2O2/c1-11(2)17(3)10-12-4-7-18(8-5-12)15(19)13-6-9-20-14(13)16/h6,9,11-12H,4-5,7-8,10H2,1-3H3. The van der Waals surface area contributed by atoms with Crippen molar-refractivity contribution in [3.05, 3.63) is 22.6 Å². The molecule has 0 N–H and O–H groups in total. The lowest BCUT2D eigenvalue weighted by molar-refractivity contribution is 0.0664. The minimum atomic E-state index is 0.0706. The fourth-order valence-corrected chi connectivity index (χ4v) is 2.96. The Morgan fingerprint density at radius 3 is 2.65 bits per heavy atom.